The van der Waals surface area contributed by atoms with Crippen LogP contribution in [-0.2, 0) is 0 Å². The van der Waals surface area contributed by atoms with Crippen molar-refractivity contribution < 1.29 is 9.13 Å². The summed E-state index contributed by atoms with van der Waals surface area (Å²) in [6, 6.07) is 4.27. The predicted molar refractivity (Wildman–Crippen MR) is 72.0 cm³/mol. The first-order valence-corrected chi connectivity index (χ1v) is 5.91. The van der Waals surface area contributed by atoms with Crippen LogP contribution in [0.2, 0.25) is 0 Å². The number of aryl methyl sites for hydroxylation is 1. The number of halogens is 1. The Kier molecular flexibility index (Phi) is 2.96. The van der Waals surface area contributed by atoms with Gasteiger partial charge in [-0.25, -0.2) is 15.2 Å². The van der Waals surface area contributed by atoms with E-state index in [9.17, 15) is 4.39 Å². The van der Waals surface area contributed by atoms with Crippen molar-refractivity contribution in [1.82, 2.24) is 14.4 Å². The van der Waals surface area contributed by atoms with Crippen LogP contribution in [0.15, 0.2) is 36.8 Å². The monoisotopic (exact) mass is 273 g/mol. The van der Waals surface area contributed by atoms with E-state index in [1.807, 2.05) is 0 Å². The van der Waals surface area contributed by atoms with Gasteiger partial charge in [-0.3, -0.25) is 4.40 Å². The van der Waals surface area contributed by atoms with Crippen molar-refractivity contribution >= 4 is 11.5 Å². The number of nitrogens with zero attached hydrogens (tertiary/aromatic N) is 3. The SMILES string of the molecule is Cc1cc(F)ccc1Oc1nc(NN)cn2ccnc12. The fourth-order valence-corrected chi connectivity index (χ4v) is 1.87. The molecule has 3 aromatic rings. The second-order valence-corrected chi connectivity index (χ2v) is 4.25. The van der Waals surface area contributed by atoms with Crippen LogP contribution in [0.1, 0.15) is 5.56 Å². The Morgan fingerprint density at radius 2 is 2.25 bits per heavy atom. The van der Waals surface area contributed by atoms with Gasteiger partial charge in [0.1, 0.15) is 11.6 Å². The molecule has 0 fully saturated rings. The number of aromatic nitrogens is 3. The standard InChI is InChI=1S/C13H12FN5O/c1-8-6-9(14)2-3-10(8)20-13-12-16-4-5-19(12)7-11(17-13)18-15/h2-7,18H,15H2,1H3. The first-order valence-electron chi connectivity index (χ1n) is 5.91. The average Bonchev–Trinajstić information content (AvgIpc) is 2.90. The molecule has 0 amide bonds. The zero-order chi connectivity index (χ0) is 14.1. The predicted octanol–water partition coefficient (Wildman–Crippen LogP) is 2.25. The molecule has 0 saturated heterocycles. The molecule has 0 unspecified atom stereocenters. The minimum Gasteiger partial charge on any atom is -0.436 e. The first-order chi connectivity index (χ1) is 9.67. The highest BCUT2D eigenvalue weighted by Crippen LogP contribution is 2.27. The molecule has 0 spiro atoms. The third-order valence-corrected chi connectivity index (χ3v) is 2.83. The van der Waals surface area contributed by atoms with Gasteiger partial charge in [0.05, 0.1) is 6.20 Å². The molecule has 102 valence electrons. The van der Waals surface area contributed by atoms with Gasteiger partial charge in [-0.1, -0.05) is 0 Å². The Balaban J connectivity index is 2.07. The highest BCUT2D eigenvalue weighted by Gasteiger charge is 2.11. The fourth-order valence-electron chi connectivity index (χ4n) is 1.87. The lowest BCUT2D eigenvalue weighted by molar-refractivity contribution is 0.460. The van der Waals surface area contributed by atoms with Crippen LogP contribution in [0.5, 0.6) is 11.6 Å². The van der Waals surface area contributed by atoms with Crippen molar-refractivity contribution in [3.05, 3.63) is 48.2 Å². The highest BCUT2D eigenvalue weighted by atomic mass is 19.1. The van der Waals surface area contributed by atoms with Crippen molar-refractivity contribution in [3.63, 3.8) is 0 Å². The average molecular weight is 273 g/mol. The molecule has 6 nitrogen and oxygen atoms in total. The highest BCUT2D eigenvalue weighted by molar-refractivity contribution is 5.55. The van der Waals surface area contributed by atoms with E-state index < -0.39 is 0 Å². The van der Waals surface area contributed by atoms with Crippen molar-refractivity contribution in [3.8, 4) is 11.6 Å². The van der Waals surface area contributed by atoms with Crippen molar-refractivity contribution in [1.29, 1.82) is 0 Å². The van der Waals surface area contributed by atoms with Gasteiger partial charge in [0.25, 0.3) is 5.88 Å². The van der Waals surface area contributed by atoms with Crippen LogP contribution in [0, 0.1) is 12.7 Å². The summed E-state index contributed by atoms with van der Waals surface area (Å²) in [5.74, 6) is 6.30. The zero-order valence-electron chi connectivity index (χ0n) is 10.7. The normalized spacial score (nSPS) is 10.8. The van der Waals surface area contributed by atoms with E-state index in [1.165, 1.54) is 12.1 Å². The smallest absolute Gasteiger partial charge is 0.265 e. The van der Waals surface area contributed by atoms with Crippen molar-refractivity contribution in [2.75, 3.05) is 5.43 Å². The lowest BCUT2D eigenvalue weighted by atomic mass is 10.2. The van der Waals surface area contributed by atoms with Gasteiger partial charge in [0.2, 0.25) is 5.65 Å². The Hall–Kier alpha value is -2.67. The molecule has 0 aliphatic carbocycles. The number of ether oxygens (including phenoxy) is 1. The summed E-state index contributed by atoms with van der Waals surface area (Å²) >= 11 is 0. The Labute approximate surface area is 114 Å². The fraction of sp³-hybridized carbons (Fsp3) is 0.0769. The Morgan fingerprint density at radius 3 is 3.00 bits per heavy atom. The number of anilines is 1. The lowest BCUT2D eigenvalue weighted by Gasteiger charge is -2.10. The van der Waals surface area contributed by atoms with E-state index in [0.717, 1.165) is 0 Å². The van der Waals surface area contributed by atoms with E-state index in [1.54, 1.807) is 36.0 Å². The number of hydrogen-bond acceptors (Lipinski definition) is 5. The Bertz CT molecular complexity index is 771. The van der Waals surface area contributed by atoms with E-state index in [2.05, 4.69) is 15.4 Å². The molecule has 3 N–H and O–H groups in total. The van der Waals surface area contributed by atoms with E-state index in [4.69, 9.17) is 10.6 Å². The van der Waals surface area contributed by atoms with Crippen LogP contribution in [-0.4, -0.2) is 14.4 Å². The third kappa shape index (κ3) is 2.14. The number of benzene rings is 1. The number of nitrogens with two attached hydrogens (primary N) is 1. The van der Waals surface area contributed by atoms with Crippen LogP contribution in [0.25, 0.3) is 5.65 Å². The van der Waals surface area contributed by atoms with E-state index in [0.29, 0.717) is 28.7 Å². The van der Waals surface area contributed by atoms with Crippen LogP contribution >= 0.6 is 0 Å². The van der Waals surface area contributed by atoms with Crippen molar-refractivity contribution in [2.24, 2.45) is 5.84 Å². The molecule has 0 aliphatic heterocycles. The minimum atomic E-state index is -0.314. The number of hydrazine groups is 1. The maximum absolute atomic E-state index is 13.1. The molecular formula is C13H12FN5O. The molecule has 3 rings (SSSR count). The van der Waals surface area contributed by atoms with Crippen LogP contribution < -0.4 is 16.0 Å². The summed E-state index contributed by atoms with van der Waals surface area (Å²) in [4.78, 5) is 8.39. The molecule has 7 heteroatoms. The molecule has 2 heterocycles. The van der Waals surface area contributed by atoms with Gasteiger partial charge in [-0.2, -0.15) is 4.98 Å². The van der Waals surface area contributed by atoms with E-state index >= 15 is 0 Å². The topological polar surface area (TPSA) is 77.5 Å². The zero-order valence-corrected chi connectivity index (χ0v) is 10.7. The summed E-state index contributed by atoms with van der Waals surface area (Å²) in [5.41, 5.74) is 3.68. The van der Waals surface area contributed by atoms with Gasteiger partial charge in [0, 0.05) is 12.4 Å². The number of imidazole rings is 1. The van der Waals surface area contributed by atoms with Gasteiger partial charge in [-0.05, 0) is 30.7 Å². The number of nitrogens with one attached hydrogen (secondary N) is 1. The second kappa shape index (κ2) is 4.78. The van der Waals surface area contributed by atoms with Crippen LogP contribution in [0.3, 0.4) is 0 Å². The maximum Gasteiger partial charge on any atom is 0.265 e. The van der Waals surface area contributed by atoms with Gasteiger partial charge >= 0.3 is 0 Å². The number of fused-ring (bicyclic) bond motifs is 1. The lowest BCUT2D eigenvalue weighted by Crippen LogP contribution is -2.10. The molecule has 1 aromatic carbocycles. The summed E-state index contributed by atoms with van der Waals surface area (Å²) in [5, 5.41) is 0. The maximum atomic E-state index is 13.1. The largest absolute Gasteiger partial charge is 0.436 e. The Morgan fingerprint density at radius 1 is 1.40 bits per heavy atom. The van der Waals surface area contributed by atoms with Crippen molar-refractivity contribution in [2.45, 2.75) is 6.92 Å². The number of hydrogen-bond donors (Lipinski definition) is 2. The quantitative estimate of drug-likeness (QED) is 0.565. The summed E-state index contributed by atoms with van der Waals surface area (Å²) in [6.07, 6.45) is 5.07. The number of nitrogen functional groups attached to an aromatic ring is 1. The molecular weight excluding hydrogens is 261 g/mol. The minimum absolute atomic E-state index is 0.292. The van der Waals surface area contributed by atoms with Gasteiger partial charge in [0.15, 0.2) is 5.82 Å². The molecule has 2 aromatic heterocycles. The van der Waals surface area contributed by atoms with Gasteiger partial charge < -0.3 is 10.2 Å². The summed E-state index contributed by atoms with van der Waals surface area (Å²) in [6.45, 7) is 1.76. The molecule has 0 saturated carbocycles. The number of rotatable bonds is 3. The molecule has 20 heavy (non-hydrogen) atoms. The van der Waals surface area contributed by atoms with Gasteiger partial charge in [-0.15, -0.1) is 0 Å². The third-order valence-electron chi connectivity index (χ3n) is 2.83. The van der Waals surface area contributed by atoms with Crippen LogP contribution in [0.4, 0.5) is 10.2 Å². The molecule has 0 bridgehead atoms. The second-order valence-electron chi connectivity index (χ2n) is 4.25. The van der Waals surface area contributed by atoms with E-state index in [-0.39, 0.29) is 5.82 Å². The first kappa shape index (κ1) is 12.4. The molecule has 0 radical (unpaired) electrons. The molecule has 0 aliphatic rings. The summed E-state index contributed by atoms with van der Waals surface area (Å²) < 4.78 is 20.5. The molecule has 0 atom stereocenters. The summed E-state index contributed by atoms with van der Waals surface area (Å²) in [7, 11) is 0.